The van der Waals surface area contributed by atoms with Crippen LogP contribution in [0.4, 0.5) is 0 Å². The van der Waals surface area contributed by atoms with E-state index >= 15 is 0 Å². The number of rotatable bonds is 5. The van der Waals surface area contributed by atoms with E-state index in [1.54, 1.807) is 6.20 Å². The quantitative estimate of drug-likeness (QED) is 0.672. The van der Waals surface area contributed by atoms with E-state index in [2.05, 4.69) is 16.9 Å². The van der Waals surface area contributed by atoms with E-state index in [4.69, 9.17) is 4.74 Å². The van der Waals surface area contributed by atoms with Crippen molar-refractivity contribution in [3.05, 3.63) is 18.0 Å². The van der Waals surface area contributed by atoms with Crippen molar-refractivity contribution in [3.8, 4) is 6.01 Å². The molecule has 1 heterocycles. The lowest BCUT2D eigenvalue weighted by molar-refractivity contribution is 0.284. The maximum Gasteiger partial charge on any atom is 0.316 e. The molecule has 0 N–H and O–H groups in total. The van der Waals surface area contributed by atoms with Crippen LogP contribution >= 0.6 is 0 Å². The second kappa shape index (κ2) is 4.40. The highest BCUT2D eigenvalue weighted by atomic mass is 16.5. The summed E-state index contributed by atoms with van der Waals surface area (Å²) in [6.45, 7) is 2.87. The van der Waals surface area contributed by atoms with Crippen LogP contribution in [0.3, 0.4) is 0 Å². The fourth-order valence-electron chi connectivity index (χ4n) is 1.34. The van der Waals surface area contributed by atoms with E-state index in [9.17, 15) is 0 Å². The van der Waals surface area contributed by atoms with Crippen molar-refractivity contribution in [3.63, 3.8) is 0 Å². The van der Waals surface area contributed by atoms with Crippen molar-refractivity contribution >= 4 is 0 Å². The topological polar surface area (TPSA) is 35.0 Å². The monoisotopic (exact) mass is 192 g/mol. The third kappa shape index (κ3) is 2.44. The van der Waals surface area contributed by atoms with Gasteiger partial charge >= 0.3 is 6.01 Å². The van der Waals surface area contributed by atoms with Crippen LogP contribution in [0.2, 0.25) is 0 Å². The molecule has 0 atom stereocenters. The molecule has 1 aliphatic carbocycles. The molecule has 1 fully saturated rings. The summed E-state index contributed by atoms with van der Waals surface area (Å²) in [4.78, 5) is 8.46. The molecule has 1 aromatic heterocycles. The van der Waals surface area contributed by atoms with E-state index in [1.165, 1.54) is 12.8 Å². The standard InChI is InChI=1S/C11H16N2O/c1-2-3-8-14-11-12-7-6-10(13-11)9-4-5-9/h6-7,9H,2-5,8H2,1H3. The molecule has 3 nitrogen and oxygen atoms in total. The molecule has 1 aromatic rings. The van der Waals surface area contributed by atoms with Crippen molar-refractivity contribution in [1.82, 2.24) is 9.97 Å². The molecule has 1 saturated carbocycles. The average Bonchev–Trinajstić information content (AvgIpc) is 3.02. The highest BCUT2D eigenvalue weighted by molar-refractivity contribution is 5.15. The van der Waals surface area contributed by atoms with Gasteiger partial charge in [-0.2, -0.15) is 4.98 Å². The first kappa shape index (κ1) is 9.44. The molecule has 2 rings (SSSR count). The van der Waals surface area contributed by atoms with Gasteiger partial charge in [-0.05, 0) is 25.3 Å². The lowest BCUT2D eigenvalue weighted by Crippen LogP contribution is -2.01. The van der Waals surface area contributed by atoms with E-state index in [-0.39, 0.29) is 0 Å². The number of hydrogen-bond donors (Lipinski definition) is 0. The summed E-state index contributed by atoms with van der Waals surface area (Å²) in [7, 11) is 0. The fourth-order valence-corrected chi connectivity index (χ4v) is 1.34. The molecule has 0 bridgehead atoms. The lowest BCUT2D eigenvalue weighted by atomic mass is 10.3. The first-order valence-electron chi connectivity index (χ1n) is 5.36. The Kier molecular flexibility index (Phi) is 2.96. The average molecular weight is 192 g/mol. The third-order valence-corrected chi connectivity index (χ3v) is 2.38. The van der Waals surface area contributed by atoms with Gasteiger partial charge in [0.25, 0.3) is 0 Å². The summed E-state index contributed by atoms with van der Waals surface area (Å²) in [5, 5.41) is 0. The van der Waals surface area contributed by atoms with Crippen LogP contribution in [0.5, 0.6) is 6.01 Å². The second-order valence-corrected chi connectivity index (χ2v) is 3.74. The zero-order valence-electron chi connectivity index (χ0n) is 8.57. The highest BCUT2D eigenvalue weighted by Crippen LogP contribution is 2.38. The molecule has 1 aliphatic rings. The van der Waals surface area contributed by atoms with Crippen LogP contribution in [0, 0.1) is 0 Å². The van der Waals surface area contributed by atoms with Crippen LogP contribution in [-0.2, 0) is 0 Å². The molecule has 0 radical (unpaired) electrons. The van der Waals surface area contributed by atoms with Crippen LogP contribution in [-0.4, -0.2) is 16.6 Å². The van der Waals surface area contributed by atoms with Crippen molar-refractivity contribution in [1.29, 1.82) is 0 Å². The number of aromatic nitrogens is 2. The molecule has 0 unspecified atom stereocenters. The van der Waals surface area contributed by atoms with Gasteiger partial charge in [-0.3, -0.25) is 0 Å². The van der Waals surface area contributed by atoms with Crippen molar-refractivity contribution in [2.24, 2.45) is 0 Å². The molecule has 0 aliphatic heterocycles. The van der Waals surface area contributed by atoms with Crippen LogP contribution < -0.4 is 4.74 Å². The normalized spacial score (nSPS) is 15.5. The van der Waals surface area contributed by atoms with Crippen LogP contribution in [0.25, 0.3) is 0 Å². The predicted octanol–water partition coefficient (Wildman–Crippen LogP) is 2.53. The summed E-state index contributed by atoms with van der Waals surface area (Å²) in [5.41, 5.74) is 1.14. The first-order valence-corrected chi connectivity index (χ1v) is 5.36. The summed E-state index contributed by atoms with van der Waals surface area (Å²) >= 11 is 0. The van der Waals surface area contributed by atoms with Crippen molar-refractivity contribution in [2.45, 2.75) is 38.5 Å². The minimum Gasteiger partial charge on any atom is -0.463 e. The fraction of sp³-hybridized carbons (Fsp3) is 0.636. The van der Waals surface area contributed by atoms with Crippen molar-refractivity contribution in [2.75, 3.05) is 6.61 Å². The number of ether oxygens (including phenoxy) is 1. The van der Waals surface area contributed by atoms with Gasteiger partial charge in [0.15, 0.2) is 0 Å². The van der Waals surface area contributed by atoms with Gasteiger partial charge < -0.3 is 4.74 Å². The molecular weight excluding hydrogens is 176 g/mol. The predicted molar refractivity (Wildman–Crippen MR) is 54.4 cm³/mol. The summed E-state index contributed by atoms with van der Waals surface area (Å²) in [5.74, 6) is 0.673. The van der Waals surface area contributed by atoms with Gasteiger partial charge in [-0.15, -0.1) is 0 Å². The largest absolute Gasteiger partial charge is 0.463 e. The zero-order valence-corrected chi connectivity index (χ0v) is 8.57. The number of hydrogen-bond acceptors (Lipinski definition) is 3. The third-order valence-electron chi connectivity index (χ3n) is 2.38. The molecule has 3 heteroatoms. The minimum absolute atomic E-state index is 0.544. The number of nitrogens with zero attached hydrogens (tertiary/aromatic N) is 2. The molecule has 76 valence electrons. The van der Waals surface area contributed by atoms with Gasteiger partial charge in [0.05, 0.1) is 12.3 Å². The van der Waals surface area contributed by atoms with Gasteiger partial charge in [0, 0.05) is 12.1 Å². The van der Waals surface area contributed by atoms with E-state index in [0.717, 1.165) is 25.1 Å². The molecule has 0 amide bonds. The Labute approximate surface area is 84.5 Å². The maximum absolute atomic E-state index is 5.44. The van der Waals surface area contributed by atoms with Crippen LogP contribution in [0.1, 0.15) is 44.2 Å². The molecule has 0 saturated heterocycles. The summed E-state index contributed by atoms with van der Waals surface area (Å²) in [6.07, 6.45) is 6.54. The summed E-state index contributed by atoms with van der Waals surface area (Å²) < 4.78 is 5.44. The SMILES string of the molecule is CCCCOc1nccc(C2CC2)n1. The van der Waals surface area contributed by atoms with E-state index in [1.807, 2.05) is 6.07 Å². The lowest BCUT2D eigenvalue weighted by Gasteiger charge is -2.03. The Bertz CT molecular complexity index is 297. The Morgan fingerprint density at radius 3 is 3.07 bits per heavy atom. The van der Waals surface area contributed by atoms with E-state index in [0.29, 0.717) is 11.9 Å². The molecule has 0 aromatic carbocycles. The Hall–Kier alpha value is -1.12. The van der Waals surface area contributed by atoms with Gasteiger partial charge in [-0.1, -0.05) is 13.3 Å². The Morgan fingerprint density at radius 2 is 2.36 bits per heavy atom. The minimum atomic E-state index is 0.544. The van der Waals surface area contributed by atoms with Gasteiger partial charge in [0.1, 0.15) is 0 Å². The molecule has 0 spiro atoms. The second-order valence-electron chi connectivity index (χ2n) is 3.74. The van der Waals surface area contributed by atoms with Crippen molar-refractivity contribution < 1.29 is 4.74 Å². The van der Waals surface area contributed by atoms with Gasteiger partial charge in [0.2, 0.25) is 0 Å². The Balaban J connectivity index is 1.92. The smallest absolute Gasteiger partial charge is 0.316 e. The van der Waals surface area contributed by atoms with E-state index < -0.39 is 0 Å². The van der Waals surface area contributed by atoms with Gasteiger partial charge in [-0.25, -0.2) is 4.98 Å². The zero-order chi connectivity index (χ0) is 9.80. The number of unbranched alkanes of at least 4 members (excludes halogenated alkanes) is 1. The molecular formula is C11H16N2O. The Morgan fingerprint density at radius 1 is 1.50 bits per heavy atom. The maximum atomic E-state index is 5.44. The first-order chi connectivity index (χ1) is 6.90. The van der Waals surface area contributed by atoms with Crippen LogP contribution in [0.15, 0.2) is 12.3 Å². The molecule has 14 heavy (non-hydrogen) atoms. The summed E-state index contributed by atoms with van der Waals surface area (Å²) in [6, 6.07) is 2.53. The highest BCUT2D eigenvalue weighted by Gasteiger charge is 2.25.